The van der Waals surface area contributed by atoms with E-state index in [-0.39, 0.29) is 5.41 Å². The topological polar surface area (TPSA) is 17.1 Å². The SMILES string of the molecule is Cc1ccc2c(c1)CCC2C(C)(C)C=O. The van der Waals surface area contributed by atoms with E-state index < -0.39 is 0 Å². The summed E-state index contributed by atoms with van der Waals surface area (Å²) in [7, 11) is 0. The minimum absolute atomic E-state index is 0.222. The van der Waals surface area contributed by atoms with Crippen LogP contribution >= 0.6 is 0 Å². The quantitative estimate of drug-likeness (QED) is 0.673. The van der Waals surface area contributed by atoms with E-state index in [2.05, 4.69) is 25.1 Å². The van der Waals surface area contributed by atoms with Gasteiger partial charge in [0.1, 0.15) is 6.29 Å². The monoisotopic (exact) mass is 202 g/mol. The zero-order valence-electron chi connectivity index (χ0n) is 9.71. The Kier molecular flexibility index (Phi) is 2.41. The van der Waals surface area contributed by atoms with Crippen LogP contribution in [0.2, 0.25) is 0 Å². The number of carbonyl (C=O) groups excluding carboxylic acids is 1. The molecule has 1 unspecified atom stereocenters. The van der Waals surface area contributed by atoms with Crippen LogP contribution in [0.1, 0.15) is 42.9 Å². The van der Waals surface area contributed by atoms with Crippen molar-refractivity contribution in [1.29, 1.82) is 0 Å². The van der Waals surface area contributed by atoms with E-state index in [1.54, 1.807) is 0 Å². The van der Waals surface area contributed by atoms with Crippen LogP contribution in [0.25, 0.3) is 0 Å². The number of carbonyl (C=O) groups is 1. The van der Waals surface area contributed by atoms with Gasteiger partial charge >= 0.3 is 0 Å². The van der Waals surface area contributed by atoms with Gasteiger partial charge in [0.2, 0.25) is 0 Å². The van der Waals surface area contributed by atoms with Crippen molar-refractivity contribution in [2.45, 2.75) is 39.5 Å². The standard InChI is InChI=1S/C14H18O/c1-10-4-6-12-11(8-10)5-7-13(12)14(2,3)9-15/h4,6,8-9,13H,5,7H2,1-3H3. The van der Waals surface area contributed by atoms with Crippen LogP contribution in [-0.2, 0) is 11.2 Å². The van der Waals surface area contributed by atoms with Gasteiger partial charge in [0, 0.05) is 5.41 Å². The van der Waals surface area contributed by atoms with Gasteiger partial charge in [0.25, 0.3) is 0 Å². The van der Waals surface area contributed by atoms with Crippen molar-refractivity contribution < 1.29 is 4.79 Å². The molecule has 1 aromatic carbocycles. The minimum Gasteiger partial charge on any atom is -0.303 e. The predicted octanol–water partition coefficient (Wildman–Crippen LogP) is 3.25. The Labute approximate surface area is 91.5 Å². The first kappa shape index (κ1) is 10.4. The second kappa shape index (κ2) is 3.48. The number of hydrogen-bond donors (Lipinski definition) is 0. The van der Waals surface area contributed by atoms with E-state index in [4.69, 9.17) is 0 Å². The summed E-state index contributed by atoms with van der Waals surface area (Å²) < 4.78 is 0. The third-order valence-corrected chi connectivity index (χ3v) is 3.58. The summed E-state index contributed by atoms with van der Waals surface area (Å²) in [5, 5.41) is 0. The molecule has 0 amide bonds. The lowest BCUT2D eigenvalue weighted by molar-refractivity contribution is -0.115. The first-order chi connectivity index (χ1) is 7.04. The van der Waals surface area contributed by atoms with Crippen LogP contribution < -0.4 is 0 Å². The molecule has 0 bridgehead atoms. The lowest BCUT2D eigenvalue weighted by atomic mass is 9.77. The lowest BCUT2D eigenvalue weighted by Crippen LogP contribution is -2.21. The average Bonchev–Trinajstić information content (AvgIpc) is 2.61. The highest BCUT2D eigenvalue weighted by molar-refractivity contribution is 5.61. The molecule has 2 rings (SSSR count). The molecule has 0 saturated heterocycles. The molecular formula is C14H18O. The fourth-order valence-electron chi connectivity index (χ4n) is 2.60. The molecule has 1 atom stereocenters. The zero-order valence-corrected chi connectivity index (χ0v) is 9.71. The fourth-order valence-corrected chi connectivity index (χ4v) is 2.60. The maximum absolute atomic E-state index is 11.1. The van der Waals surface area contributed by atoms with Gasteiger partial charge in [0.05, 0.1) is 0 Å². The van der Waals surface area contributed by atoms with Crippen LogP contribution in [-0.4, -0.2) is 6.29 Å². The van der Waals surface area contributed by atoms with Crippen LogP contribution in [0.4, 0.5) is 0 Å². The Morgan fingerprint density at radius 3 is 2.80 bits per heavy atom. The van der Waals surface area contributed by atoms with Gasteiger partial charge in [-0.2, -0.15) is 0 Å². The van der Waals surface area contributed by atoms with Gasteiger partial charge in [-0.25, -0.2) is 0 Å². The van der Waals surface area contributed by atoms with Gasteiger partial charge < -0.3 is 4.79 Å². The van der Waals surface area contributed by atoms with Crippen molar-refractivity contribution in [3.63, 3.8) is 0 Å². The van der Waals surface area contributed by atoms with Crippen molar-refractivity contribution in [2.75, 3.05) is 0 Å². The van der Waals surface area contributed by atoms with E-state index in [0.29, 0.717) is 5.92 Å². The molecule has 0 heterocycles. The smallest absolute Gasteiger partial charge is 0.126 e. The molecule has 1 aliphatic rings. The fraction of sp³-hybridized carbons (Fsp3) is 0.500. The van der Waals surface area contributed by atoms with Crippen molar-refractivity contribution in [2.24, 2.45) is 5.41 Å². The molecule has 0 N–H and O–H groups in total. The highest BCUT2D eigenvalue weighted by atomic mass is 16.1. The Bertz CT molecular complexity index is 390. The molecule has 1 aliphatic carbocycles. The van der Waals surface area contributed by atoms with Gasteiger partial charge in [0.15, 0.2) is 0 Å². The Hall–Kier alpha value is -1.11. The summed E-state index contributed by atoms with van der Waals surface area (Å²) >= 11 is 0. The van der Waals surface area contributed by atoms with Crippen LogP contribution in [0, 0.1) is 12.3 Å². The number of hydrogen-bond acceptors (Lipinski definition) is 1. The van der Waals surface area contributed by atoms with Crippen molar-refractivity contribution in [1.82, 2.24) is 0 Å². The van der Waals surface area contributed by atoms with Crippen molar-refractivity contribution >= 4 is 6.29 Å². The predicted molar refractivity (Wildman–Crippen MR) is 62.1 cm³/mol. The number of aryl methyl sites for hydroxylation is 2. The van der Waals surface area contributed by atoms with E-state index in [1.165, 1.54) is 16.7 Å². The second-order valence-electron chi connectivity index (χ2n) is 5.23. The summed E-state index contributed by atoms with van der Waals surface area (Å²) in [6, 6.07) is 6.61. The number of aldehydes is 1. The third kappa shape index (κ3) is 1.71. The maximum Gasteiger partial charge on any atom is 0.126 e. The maximum atomic E-state index is 11.1. The van der Waals surface area contributed by atoms with Gasteiger partial charge in [-0.3, -0.25) is 0 Å². The normalized spacial score (nSPS) is 20.1. The molecule has 0 spiro atoms. The largest absolute Gasteiger partial charge is 0.303 e. The number of fused-ring (bicyclic) bond motifs is 1. The Morgan fingerprint density at radius 1 is 1.40 bits per heavy atom. The average molecular weight is 202 g/mol. The molecule has 1 nitrogen and oxygen atoms in total. The molecular weight excluding hydrogens is 184 g/mol. The molecule has 0 aromatic heterocycles. The van der Waals surface area contributed by atoms with Gasteiger partial charge in [-0.15, -0.1) is 0 Å². The summed E-state index contributed by atoms with van der Waals surface area (Å²) in [4.78, 5) is 11.1. The second-order valence-corrected chi connectivity index (χ2v) is 5.23. The molecule has 0 saturated carbocycles. The van der Waals surface area contributed by atoms with Crippen LogP contribution in [0.3, 0.4) is 0 Å². The molecule has 1 aromatic rings. The molecule has 0 radical (unpaired) electrons. The Morgan fingerprint density at radius 2 is 2.13 bits per heavy atom. The number of benzene rings is 1. The first-order valence-electron chi connectivity index (χ1n) is 5.60. The van der Waals surface area contributed by atoms with E-state index >= 15 is 0 Å². The summed E-state index contributed by atoms with van der Waals surface area (Å²) in [5.41, 5.74) is 3.92. The summed E-state index contributed by atoms with van der Waals surface area (Å²) in [6.07, 6.45) is 3.34. The zero-order chi connectivity index (χ0) is 11.1. The Balaban J connectivity index is 2.41. The highest BCUT2D eigenvalue weighted by Gasteiger charge is 2.35. The summed E-state index contributed by atoms with van der Waals surface area (Å²) in [6.45, 7) is 6.21. The number of rotatable bonds is 2. The lowest BCUT2D eigenvalue weighted by Gasteiger charge is -2.26. The summed E-state index contributed by atoms with van der Waals surface area (Å²) in [5.74, 6) is 0.408. The third-order valence-electron chi connectivity index (χ3n) is 3.58. The van der Waals surface area contributed by atoms with Crippen molar-refractivity contribution in [3.05, 3.63) is 34.9 Å². The van der Waals surface area contributed by atoms with E-state index in [0.717, 1.165) is 19.1 Å². The molecule has 0 aliphatic heterocycles. The minimum atomic E-state index is -0.222. The van der Waals surface area contributed by atoms with E-state index in [9.17, 15) is 4.79 Å². The van der Waals surface area contributed by atoms with Gasteiger partial charge in [-0.05, 0) is 36.8 Å². The van der Waals surface area contributed by atoms with Gasteiger partial charge in [-0.1, -0.05) is 37.6 Å². The first-order valence-corrected chi connectivity index (χ1v) is 5.60. The van der Waals surface area contributed by atoms with Crippen LogP contribution in [0.15, 0.2) is 18.2 Å². The molecule has 0 fully saturated rings. The van der Waals surface area contributed by atoms with Crippen LogP contribution in [0.5, 0.6) is 0 Å². The highest BCUT2D eigenvalue weighted by Crippen LogP contribution is 2.44. The molecule has 1 heteroatoms. The van der Waals surface area contributed by atoms with E-state index in [1.807, 2.05) is 13.8 Å². The molecule has 80 valence electrons. The molecule has 15 heavy (non-hydrogen) atoms. The van der Waals surface area contributed by atoms with Crippen molar-refractivity contribution in [3.8, 4) is 0 Å².